The molecule has 1 atom stereocenters. The minimum atomic E-state index is -3.44. The molecule has 1 unspecified atom stereocenters. The predicted molar refractivity (Wildman–Crippen MR) is 65.7 cm³/mol. The Labute approximate surface area is 107 Å². The smallest absolute Gasteiger partial charge is 0.306 e. The lowest BCUT2D eigenvalue weighted by atomic mass is 10.3. The molecule has 1 N–H and O–H groups in total. The van der Waals surface area contributed by atoms with Crippen LogP contribution in [0.4, 0.5) is 0 Å². The number of esters is 1. The van der Waals surface area contributed by atoms with Gasteiger partial charge in [0.1, 0.15) is 0 Å². The molecule has 1 aliphatic rings. The van der Waals surface area contributed by atoms with Crippen molar-refractivity contribution in [2.45, 2.75) is 43.9 Å². The van der Waals surface area contributed by atoms with Crippen LogP contribution in [0.25, 0.3) is 0 Å². The van der Waals surface area contributed by atoms with E-state index in [4.69, 9.17) is 0 Å². The van der Waals surface area contributed by atoms with Crippen molar-refractivity contribution in [2.75, 3.05) is 12.9 Å². The molecule has 0 saturated heterocycles. The Hall–Kier alpha value is -1.11. The normalized spacial score (nSPS) is 17.0. The van der Waals surface area contributed by atoms with Crippen LogP contribution in [-0.2, 0) is 24.2 Å². The van der Waals surface area contributed by atoms with Gasteiger partial charge in [-0.15, -0.1) is 0 Å². The predicted octanol–water partition coefficient (Wildman–Crippen LogP) is 0.0215. The average Bonchev–Trinajstić information content (AvgIpc) is 3.10. The number of amides is 1. The lowest BCUT2D eigenvalue weighted by Crippen LogP contribution is -2.30. The number of sulfone groups is 1. The quantitative estimate of drug-likeness (QED) is 0.663. The van der Waals surface area contributed by atoms with E-state index >= 15 is 0 Å². The van der Waals surface area contributed by atoms with Gasteiger partial charge in [0, 0.05) is 12.5 Å². The standard InChI is InChI=1S/C11H19NO5S/c1-8(7-11(14)17-2)18(15,16)6-5-10(13)12-9-3-4-9/h8-9H,3-7H2,1-2H3,(H,12,13). The van der Waals surface area contributed by atoms with Gasteiger partial charge in [-0.05, 0) is 19.8 Å². The number of carbonyl (C=O) groups excluding carboxylic acids is 2. The van der Waals surface area contributed by atoms with Crippen LogP contribution in [0.2, 0.25) is 0 Å². The highest BCUT2D eigenvalue weighted by Gasteiger charge is 2.27. The molecule has 6 nitrogen and oxygen atoms in total. The molecule has 7 heteroatoms. The third-order valence-electron chi connectivity index (χ3n) is 2.85. The molecule has 18 heavy (non-hydrogen) atoms. The summed E-state index contributed by atoms with van der Waals surface area (Å²) in [5.74, 6) is -1.04. The fraction of sp³-hybridized carbons (Fsp3) is 0.818. The Morgan fingerprint density at radius 1 is 1.39 bits per heavy atom. The molecule has 0 radical (unpaired) electrons. The molecule has 1 amide bonds. The summed E-state index contributed by atoms with van der Waals surface area (Å²) in [6, 6.07) is 0.229. The SMILES string of the molecule is COC(=O)CC(C)S(=O)(=O)CCC(=O)NC1CC1. The maximum Gasteiger partial charge on any atom is 0.306 e. The fourth-order valence-corrected chi connectivity index (χ4v) is 2.67. The molecular formula is C11H19NO5S. The van der Waals surface area contributed by atoms with E-state index < -0.39 is 21.1 Å². The molecule has 1 saturated carbocycles. The first kappa shape index (κ1) is 14.9. The minimum Gasteiger partial charge on any atom is -0.469 e. The van der Waals surface area contributed by atoms with Crippen molar-refractivity contribution in [3.63, 3.8) is 0 Å². The van der Waals surface area contributed by atoms with Crippen molar-refractivity contribution in [1.29, 1.82) is 0 Å². The molecule has 0 aromatic carbocycles. The van der Waals surface area contributed by atoms with Crippen molar-refractivity contribution >= 4 is 21.7 Å². The first-order chi connectivity index (χ1) is 8.35. The molecule has 0 bridgehead atoms. The molecule has 104 valence electrons. The summed E-state index contributed by atoms with van der Waals surface area (Å²) in [7, 11) is -2.22. The zero-order valence-electron chi connectivity index (χ0n) is 10.6. The largest absolute Gasteiger partial charge is 0.469 e. The van der Waals surface area contributed by atoms with E-state index in [-0.39, 0.29) is 30.5 Å². The first-order valence-electron chi connectivity index (χ1n) is 5.93. The number of hydrogen-bond acceptors (Lipinski definition) is 5. The highest BCUT2D eigenvalue weighted by atomic mass is 32.2. The Balaban J connectivity index is 2.37. The van der Waals surface area contributed by atoms with Crippen molar-refractivity contribution in [1.82, 2.24) is 5.32 Å². The molecule has 0 aromatic heterocycles. The van der Waals surface area contributed by atoms with E-state index in [1.807, 2.05) is 0 Å². The van der Waals surface area contributed by atoms with Crippen molar-refractivity contribution < 1.29 is 22.7 Å². The van der Waals surface area contributed by atoms with Gasteiger partial charge in [-0.2, -0.15) is 0 Å². The summed E-state index contributed by atoms with van der Waals surface area (Å²) in [5.41, 5.74) is 0. The minimum absolute atomic E-state index is 0.0512. The van der Waals surface area contributed by atoms with Crippen molar-refractivity contribution in [3.8, 4) is 0 Å². The summed E-state index contributed by atoms with van der Waals surface area (Å²) in [4.78, 5) is 22.4. The Morgan fingerprint density at radius 2 is 2.00 bits per heavy atom. The van der Waals surface area contributed by atoms with Crippen LogP contribution in [0.5, 0.6) is 0 Å². The Kier molecular flexibility index (Phi) is 5.13. The first-order valence-corrected chi connectivity index (χ1v) is 7.64. The summed E-state index contributed by atoms with van der Waals surface area (Å²) in [5, 5.41) is 1.90. The van der Waals surface area contributed by atoms with Crippen LogP contribution in [-0.4, -0.2) is 44.4 Å². The van der Waals surface area contributed by atoms with Gasteiger partial charge in [-0.25, -0.2) is 8.42 Å². The van der Waals surface area contributed by atoms with Crippen molar-refractivity contribution in [3.05, 3.63) is 0 Å². The molecule has 1 rings (SSSR count). The van der Waals surface area contributed by atoms with Crippen LogP contribution >= 0.6 is 0 Å². The van der Waals surface area contributed by atoms with Gasteiger partial charge in [0.15, 0.2) is 9.84 Å². The van der Waals surface area contributed by atoms with E-state index in [1.54, 1.807) is 0 Å². The maximum absolute atomic E-state index is 11.8. The fourth-order valence-electron chi connectivity index (χ4n) is 1.41. The number of hydrogen-bond donors (Lipinski definition) is 1. The zero-order chi connectivity index (χ0) is 13.8. The van der Waals surface area contributed by atoms with Gasteiger partial charge in [-0.1, -0.05) is 0 Å². The second-order valence-corrected chi connectivity index (χ2v) is 7.09. The molecule has 1 aliphatic carbocycles. The molecule has 1 fully saturated rings. The van der Waals surface area contributed by atoms with Crippen LogP contribution in [0, 0.1) is 0 Å². The van der Waals surface area contributed by atoms with Crippen molar-refractivity contribution in [2.24, 2.45) is 0 Å². The van der Waals surface area contributed by atoms with Gasteiger partial charge in [0.2, 0.25) is 5.91 Å². The number of methoxy groups -OCH3 is 1. The Bertz CT molecular complexity index is 413. The van der Waals surface area contributed by atoms with Crippen LogP contribution in [0.3, 0.4) is 0 Å². The van der Waals surface area contributed by atoms with E-state index in [0.29, 0.717) is 0 Å². The number of nitrogens with one attached hydrogen (secondary N) is 1. The second kappa shape index (κ2) is 6.17. The summed E-state index contributed by atoms with van der Waals surface area (Å²) in [6.07, 6.45) is 1.71. The number of rotatable bonds is 7. The lowest BCUT2D eigenvalue weighted by molar-refractivity contribution is -0.140. The lowest BCUT2D eigenvalue weighted by Gasteiger charge is -2.11. The second-order valence-electron chi connectivity index (χ2n) is 4.55. The van der Waals surface area contributed by atoms with Gasteiger partial charge in [0.25, 0.3) is 0 Å². The zero-order valence-corrected chi connectivity index (χ0v) is 11.5. The molecule has 0 aromatic rings. The van der Waals surface area contributed by atoms with Crippen LogP contribution < -0.4 is 5.32 Å². The Morgan fingerprint density at radius 3 is 2.50 bits per heavy atom. The summed E-state index contributed by atoms with van der Waals surface area (Å²) >= 11 is 0. The van der Waals surface area contributed by atoms with E-state index in [9.17, 15) is 18.0 Å². The molecule has 0 aliphatic heterocycles. The molecule has 0 heterocycles. The topological polar surface area (TPSA) is 89.5 Å². The van der Waals surface area contributed by atoms with E-state index in [1.165, 1.54) is 14.0 Å². The van der Waals surface area contributed by atoms with Gasteiger partial charge in [0.05, 0.1) is 24.5 Å². The van der Waals surface area contributed by atoms with Gasteiger partial charge < -0.3 is 10.1 Å². The molecular weight excluding hydrogens is 258 g/mol. The van der Waals surface area contributed by atoms with Crippen LogP contribution in [0.15, 0.2) is 0 Å². The third kappa shape index (κ3) is 5.03. The monoisotopic (exact) mass is 277 g/mol. The average molecular weight is 277 g/mol. The summed E-state index contributed by atoms with van der Waals surface area (Å²) < 4.78 is 28.0. The number of ether oxygens (including phenoxy) is 1. The van der Waals surface area contributed by atoms with E-state index in [2.05, 4.69) is 10.1 Å². The highest BCUT2D eigenvalue weighted by molar-refractivity contribution is 7.92. The maximum atomic E-state index is 11.8. The van der Waals surface area contributed by atoms with Gasteiger partial charge in [-0.3, -0.25) is 9.59 Å². The number of carbonyl (C=O) groups is 2. The molecule has 0 spiro atoms. The third-order valence-corrected chi connectivity index (χ3v) is 5.02. The van der Waals surface area contributed by atoms with Crippen LogP contribution in [0.1, 0.15) is 32.6 Å². The van der Waals surface area contributed by atoms with E-state index in [0.717, 1.165) is 12.8 Å². The summed E-state index contributed by atoms with van der Waals surface area (Å²) in [6.45, 7) is 1.45. The van der Waals surface area contributed by atoms with Gasteiger partial charge >= 0.3 is 5.97 Å². The highest BCUT2D eigenvalue weighted by Crippen LogP contribution is 2.18.